The third-order valence-electron chi connectivity index (χ3n) is 3.18. The Morgan fingerprint density at radius 2 is 2.11 bits per heavy atom. The van der Waals surface area contributed by atoms with Gasteiger partial charge in [-0.2, -0.15) is 13.2 Å². The number of halogens is 4. The van der Waals surface area contributed by atoms with Gasteiger partial charge in [0.2, 0.25) is 0 Å². The minimum absolute atomic E-state index is 0.205. The summed E-state index contributed by atoms with van der Waals surface area (Å²) in [6.45, 7) is 0.229. The van der Waals surface area contributed by atoms with Crippen LogP contribution in [-0.4, -0.2) is 17.6 Å². The molecule has 0 radical (unpaired) electrons. The summed E-state index contributed by atoms with van der Waals surface area (Å²) in [4.78, 5) is 10.8. The van der Waals surface area contributed by atoms with Crippen LogP contribution < -0.4 is 5.32 Å². The van der Waals surface area contributed by atoms with Crippen molar-refractivity contribution in [2.75, 3.05) is 6.54 Å². The zero-order valence-electron chi connectivity index (χ0n) is 9.67. The average molecular weight is 294 g/mol. The van der Waals surface area contributed by atoms with Crippen LogP contribution in [0.25, 0.3) is 0 Å². The zero-order valence-corrected chi connectivity index (χ0v) is 10.4. The van der Waals surface area contributed by atoms with E-state index in [2.05, 4.69) is 5.32 Å². The van der Waals surface area contributed by atoms with Gasteiger partial charge in [0.1, 0.15) is 0 Å². The van der Waals surface area contributed by atoms with Crippen molar-refractivity contribution >= 4 is 17.6 Å². The number of hydrogen-bond acceptors (Lipinski definition) is 2. The number of benzene rings is 1. The van der Waals surface area contributed by atoms with E-state index in [0.29, 0.717) is 5.56 Å². The predicted octanol–water partition coefficient (Wildman–Crippen LogP) is 3.09. The van der Waals surface area contributed by atoms with Gasteiger partial charge in [-0.25, -0.2) is 0 Å². The molecule has 0 spiro atoms. The van der Waals surface area contributed by atoms with Crippen molar-refractivity contribution in [1.29, 1.82) is 0 Å². The van der Waals surface area contributed by atoms with Crippen molar-refractivity contribution in [1.82, 2.24) is 5.32 Å². The number of carbonyl (C=O) groups is 1. The van der Waals surface area contributed by atoms with E-state index in [0.717, 1.165) is 12.1 Å². The third-order valence-corrected chi connectivity index (χ3v) is 3.52. The normalized spacial score (nSPS) is 23.6. The lowest BCUT2D eigenvalue weighted by atomic mass is 9.98. The molecule has 3 nitrogen and oxygen atoms in total. The molecule has 2 atom stereocenters. The Labute approximate surface area is 112 Å². The summed E-state index contributed by atoms with van der Waals surface area (Å²) in [5.41, 5.74) is -0.493. The minimum atomic E-state index is -4.44. The number of hydrogen-bond donors (Lipinski definition) is 2. The summed E-state index contributed by atoms with van der Waals surface area (Å²) in [6.07, 6.45) is -4.21. The Morgan fingerprint density at radius 3 is 2.63 bits per heavy atom. The zero-order chi connectivity index (χ0) is 14.2. The van der Waals surface area contributed by atoms with Gasteiger partial charge in [-0.05, 0) is 30.2 Å². The highest BCUT2D eigenvalue weighted by Gasteiger charge is 2.34. The minimum Gasteiger partial charge on any atom is -0.481 e. The molecule has 2 unspecified atom stereocenters. The van der Waals surface area contributed by atoms with Crippen LogP contribution in [-0.2, 0) is 11.0 Å². The van der Waals surface area contributed by atoms with Gasteiger partial charge in [0.05, 0.1) is 11.5 Å². The Balaban J connectivity index is 2.28. The molecule has 1 heterocycles. The summed E-state index contributed by atoms with van der Waals surface area (Å²) < 4.78 is 37.9. The van der Waals surface area contributed by atoms with E-state index in [9.17, 15) is 18.0 Å². The molecule has 2 N–H and O–H groups in total. The quantitative estimate of drug-likeness (QED) is 0.881. The molecule has 104 valence electrons. The number of carboxylic acid groups (broad SMARTS) is 1. The Morgan fingerprint density at radius 1 is 1.42 bits per heavy atom. The summed E-state index contributed by atoms with van der Waals surface area (Å²) >= 11 is 5.90. The lowest BCUT2D eigenvalue weighted by molar-refractivity contribution is -0.141. The second-order valence-corrected chi connectivity index (χ2v) is 4.87. The summed E-state index contributed by atoms with van der Waals surface area (Å²) in [5.74, 6) is -1.56. The first-order valence-electron chi connectivity index (χ1n) is 5.62. The molecule has 0 aromatic heterocycles. The number of nitrogens with one attached hydrogen (secondary N) is 1. The van der Waals surface area contributed by atoms with Crippen LogP contribution in [0, 0.1) is 5.92 Å². The van der Waals surface area contributed by atoms with Crippen LogP contribution in [0.2, 0.25) is 5.02 Å². The maximum absolute atomic E-state index is 12.6. The van der Waals surface area contributed by atoms with E-state index in [1.165, 1.54) is 6.07 Å². The molecule has 7 heteroatoms. The Hall–Kier alpha value is -1.27. The molecular formula is C12H11ClF3NO2. The molecule has 0 aliphatic carbocycles. The van der Waals surface area contributed by atoms with Gasteiger partial charge in [-0.3, -0.25) is 4.79 Å². The lowest BCUT2D eigenvalue weighted by Crippen LogP contribution is -2.17. The van der Waals surface area contributed by atoms with E-state index in [1.54, 1.807) is 0 Å². The van der Waals surface area contributed by atoms with Crippen LogP contribution in [0.5, 0.6) is 0 Å². The van der Waals surface area contributed by atoms with Gasteiger partial charge in [0, 0.05) is 17.6 Å². The second-order valence-electron chi connectivity index (χ2n) is 4.47. The summed E-state index contributed by atoms with van der Waals surface area (Å²) in [6, 6.07) is 2.62. The average Bonchev–Trinajstić information content (AvgIpc) is 2.77. The second kappa shape index (κ2) is 5.02. The standard InChI is InChI=1S/C12H11ClF3NO2/c13-9-2-1-7(12(14,15)16)4-8(9)10-3-6(5-17-10)11(18)19/h1-2,4,6,10,17H,3,5H2,(H,18,19). The van der Waals surface area contributed by atoms with Crippen molar-refractivity contribution in [2.45, 2.75) is 18.6 Å². The molecule has 0 bridgehead atoms. The van der Waals surface area contributed by atoms with Crippen molar-refractivity contribution < 1.29 is 23.1 Å². The smallest absolute Gasteiger partial charge is 0.416 e. The number of carboxylic acids is 1. The largest absolute Gasteiger partial charge is 0.481 e. The van der Waals surface area contributed by atoms with Gasteiger partial charge in [-0.15, -0.1) is 0 Å². The van der Waals surface area contributed by atoms with Crippen LogP contribution >= 0.6 is 11.6 Å². The highest BCUT2D eigenvalue weighted by Crippen LogP contribution is 2.36. The number of rotatable bonds is 2. The van der Waals surface area contributed by atoms with Crippen molar-refractivity contribution in [3.8, 4) is 0 Å². The number of alkyl halides is 3. The van der Waals surface area contributed by atoms with Crippen molar-refractivity contribution in [3.05, 3.63) is 34.3 Å². The monoisotopic (exact) mass is 293 g/mol. The lowest BCUT2D eigenvalue weighted by Gasteiger charge is -2.15. The predicted molar refractivity (Wildman–Crippen MR) is 62.9 cm³/mol. The molecule has 2 rings (SSSR count). The third kappa shape index (κ3) is 3.01. The van der Waals surface area contributed by atoms with Gasteiger partial charge >= 0.3 is 12.1 Å². The van der Waals surface area contributed by atoms with Crippen LogP contribution in [0.15, 0.2) is 18.2 Å². The summed E-state index contributed by atoms with van der Waals surface area (Å²) in [5, 5.41) is 12.0. The SMILES string of the molecule is O=C(O)C1CNC(c2cc(C(F)(F)F)ccc2Cl)C1. The fourth-order valence-corrected chi connectivity index (χ4v) is 2.40. The van der Waals surface area contributed by atoms with E-state index in [4.69, 9.17) is 16.7 Å². The molecule has 1 aromatic rings. The molecule has 1 saturated heterocycles. The highest BCUT2D eigenvalue weighted by atomic mass is 35.5. The molecule has 1 aliphatic heterocycles. The topological polar surface area (TPSA) is 49.3 Å². The van der Waals surface area contributed by atoms with E-state index >= 15 is 0 Å². The molecule has 0 saturated carbocycles. The molecule has 0 amide bonds. The first-order chi connectivity index (χ1) is 8.79. The first-order valence-corrected chi connectivity index (χ1v) is 5.99. The van der Waals surface area contributed by atoms with E-state index in [-0.39, 0.29) is 18.0 Å². The fraction of sp³-hybridized carbons (Fsp3) is 0.417. The van der Waals surface area contributed by atoms with Crippen LogP contribution in [0.3, 0.4) is 0 Å². The van der Waals surface area contributed by atoms with Crippen molar-refractivity contribution in [3.63, 3.8) is 0 Å². The Kier molecular flexibility index (Phi) is 3.73. The molecule has 1 aromatic carbocycles. The number of aliphatic carboxylic acids is 1. The Bertz CT molecular complexity index is 504. The molecule has 1 fully saturated rings. The van der Waals surface area contributed by atoms with Crippen LogP contribution in [0.1, 0.15) is 23.6 Å². The van der Waals surface area contributed by atoms with Gasteiger partial charge in [-0.1, -0.05) is 11.6 Å². The summed E-state index contributed by atoms with van der Waals surface area (Å²) in [7, 11) is 0. The maximum atomic E-state index is 12.6. The molecular weight excluding hydrogens is 283 g/mol. The van der Waals surface area contributed by atoms with E-state index < -0.39 is 29.7 Å². The fourth-order valence-electron chi connectivity index (χ4n) is 2.15. The molecule has 19 heavy (non-hydrogen) atoms. The van der Waals surface area contributed by atoms with Gasteiger partial charge in [0.25, 0.3) is 0 Å². The van der Waals surface area contributed by atoms with Crippen LogP contribution in [0.4, 0.5) is 13.2 Å². The van der Waals surface area contributed by atoms with Crippen molar-refractivity contribution in [2.24, 2.45) is 5.92 Å². The van der Waals surface area contributed by atoms with E-state index in [1.807, 2.05) is 0 Å². The highest BCUT2D eigenvalue weighted by molar-refractivity contribution is 6.31. The van der Waals surface area contributed by atoms with Gasteiger partial charge < -0.3 is 10.4 Å². The maximum Gasteiger partial charge on any atom is 0.416 e. The molecule has 1 aliphatic rings. The first kappa shape index (κ1) is 14.1. The van der Waals surface area contributed by atoms with Gasteiger partial charge in [0.15, 0.2) is 0 Å².